The molecule has 0 saturated heterocycles. The van der Waals surface area contributed by atoms with Gasteiger partial charge in [-0.15, -0.1) is 0 Å². The van der Waals surface area contributed by atoms with Crippen LogP contribution in [0, 0.1) is 0 Å². The molecule has 1 rings (SSSR count). The van der Waals surface area contributed by atoms with Crippen LogP contribution >= 0.6 is 0 Å². The normalized spacial score (nSPS) is 21.0. The molecule has 0 atom stereocenters. The average Bonchev–Trinajstić information content (AvgIpc) is 2.44. The Morgan fingerprint density at radius 3 is 2.36 bits per heavy atom. The van der Waals surface area contributed by atoms with Crippen LogP contribution in [0.4, 0.5) is 4.79 Å². The molecule has 3 N–H and O–H groups in total. The van der Waals surface area contributed by atoms with Crippen LogP contribution in [-0.2, 0) is 4.74 Å². The summed E-state index contributed by atoms with van der Waals surface area (Å²) in [6.45, 7) is 0.502. The summed E-state index contributed by atoms with van der Waals surface area (Å²) >= 11 is 0. The molecule has 1 aliphatic carbocycles. The lowest BCUT2D eigenvalue weighted by Gasteiger charge is -2.31. The van der Waals surface area contributed by atoms with Gasteiger partial charge in [0.05, 0.1) is 12.6 Å². The molecule has 0 aliphatic heterocycles. The lowest BCUT2D eigenvalue weighted by molar-refractivity contribution is 0.152. The van der Waals surface area contributed by atoms with E-state index >= 15 is 0 Å². The zero-order chi connectivity index (χ0) is 10.4. The van der Waals surface area contributed by atoms with E-state index in [9.17, 15) is 4.79 Å². The Morgan fingerprint density at radius 1 is 1.36 bits per heavy atom. The molecule has 14 heavy (non-hydrogen) atoms. The molecule has 0 aromatic heterocycles. The van der Waals surface area contributed by atoms with Crippen molar-refractivity contribution < 1.29 is 9.53 Å². The first-order valence-electron chi connectivity index (χ1n) is 5.29. The standard InChI is InChI=1S/C10H20N2O2/c1-14-9(13)12-10(8-11)6-4-2-3-5-7-10/h2-8,11H2,1H3,(H,12,13). The van der Waals surface area contributed by atoms with Gasteiger partial charge in [0.15, 0.2) is 0 Å². The molecule has 4 heteroatoms. The van der Waals surface area contributed by atoms with E-state index < -0.39 is 0 Å². The summed E-state index contributed by atoms with van der Waals surface area (Å²) in [5.74, 6) is 0. The third-order valence-electron chi connectivity index (χ3n) is 3.00. The zero-order valence-corrected chi connectivity index (χ0v) is 8.84. The summed E-state index contributed by atoms with van der Waals surface area (Å²) in [5.41, 5.74) is 5.52. The van der Waals surface area contributed by atoms with E-state index in [1.54, 1.807) is 0 Å². The van der Waals surface area contributed by atoms with Gasteiger partial charge in [0.1, 0.15) is 0 Å². The van der Waals surface area contributed by atoms with Crippen LogP contribution in [0.25, 0.3) is 0 Å². The molecule has 0 heterocycles. The highest BCUT2D eigenvalue weighted by atomic mass is 16.5. The molecule has 0 unspecified atom stereocenters. The van der Waals surface area contributed by atoms with Crippen LogP contribution in [0.3, 0.4) is 0 Å². The molecule has 0 bridgehead atoms. The van der Waals surface area contributed by atoms with Gasteiger partial charge in [-0.1, -0.05) is 25.7 Å². The number of ether oxygens (including phenoxy) is 1. The number of nitrogens with one attached hydrogen (secondary N) is 1. The highest BCUT2D eigenvalue weighted by Gasteiger charge is 2.31. The highest BCUT2D eigenvalue weighted by molar-refractivity contribution is 5.68. The summed E-state index contributed by atoms with van der Waals surface area (Å²) < 4.78 is 4.62. The van der Waals surface area contributed by atoms with Gasteiger partial charge in [-0.05, 0) is 12.8 Å². The van der Waals surface area contributed by atoms with Crippen LogP contribution in [0.15, 0.2) is 0 Å². The van der Waals surface area contributed by atoms with E-state index in [0.29, 0.717) is 6.54 Å². The highest BCUT2D eigenvalue weighted by Crippen LogP contribution is 2.26. The maximum atomic E-state index is 11.2. The Labute approximate surface area is 85.2 Å². The molecular weight excluding hydrogens is 180 g/mol. The van der Waals surface area contributed by atoms with Crippen LogP contribution in [-0.4, -0.2) is 25.3 Å². The number of nitrogens with two attached hydrogens (primary N) is 1. The smallest absolute Gasteiger partial charge is 0.407 e. The van der Waals surface area contributed by atoms with Gasteiger partial charge in [-0.25, -0.2) is 4.79 Å². The van der Waals surface area contributed by atoms with Crippen LogP contribution < -0.4 is 11.1 Å². The summed E-state index contributed by atoms with van der Waals surface area (Å²) in [6.07, 6.45) is 6.34. The molecule has 0 radical (unpaired) electrons. The summed E-state index contributed by atoms with van der Waals surface area (Å²) in [6, 6.07) is 0. The summed E-state index contributed by atoms with van der Waals surface area (Å²) in [5, 5.41) is 2.89. The van der Waals surface area contributed by atoms with E-state index in [-0.39, 0.29) is 11.6 Å². The summed E-state index contributed by atoms with van der Waals surface area (Å²) in [4.78, 5) is 11.2. The quantitative estimate of drug-likeness (QED) is 0.662. The van der Waals surface area contributed by atoms with Crippen molar-refractivity contribution in [3.63, 3.8) is 0 Å². The van der Waals surface area contributed by atoms with Crippen molar-refractivity contribution in [2.75, 3.05) is 13.7 Å². The van der Waals surface area contributed by atoms with Crippen molar-refractivity contribution in [1.82, 2.24) is 5.32 Å². The number of rotatable bonds is 2. The second-order valence-electron chi connectivity index (χ2n) is 4.02. The average molecular weight is 200 g/mol. The fraction of sp³-hybridized carbons (Fsp3) is 0.900. The Kier molecular flexibility index (Phi) is 4.20. The Morgan fingerprint density at radius 2 is 1.93 bits per heavy atom. The Balaban J connectivity index is 2.57. The molecule has 1 fully saturated rings. The lowest BCUT2D eigenvalue weighted by Crippen LogP contribution is -2.53. The maximum Gasteiger partial charge on any atom is 0.407 e. The Hall–Kier alpha value is -0.770. The number of alkyl carbamates (subject to hydrolysis) is 1. The molecule has 1 saturated carbocycles. The molecule has 82 valence electrons. The largest absolute Gasteiger partial charge is 0.453 e. The van der Waals surface area contributed by atoms with Gasteiger partial charge >= 0.3 is 6.09 Å². The van der Waals surface area contributed by atoms with Gasteiger partial charge in [0.2, 0.25) is 0 Å². The molecule has 0 spiro atoms. The van der Waals surface area contributed by atoms with Crippen LogP contribution in [0.2, 0.25) is 0 Å². The van der Waals surface area contributed by atoms with E-state index in [1.165, 1.54) is 20.0 Å². The monoisotopic (exact) mass is 200 g/mol. The number of amides is 1. The van der Waals surface area contributed by atoms with Crippen molar-refractivity contribution >= 4 is 6.09 Å². The van der Waals surface area contributed by atoms with E-state index in [1.807, 2.05) is 0 Å². The molecule has 1 aliphatic rings. The minimum Gasteiger partial charge on any atom is -0.453 e. The van der Waals surface area contributed by atoms with Gasteiger partial charge in [0, 0.05) is 6.54 Å². The second kappa shape index (κ2) is 5.20. The zero-order valence-electron chi connectivity index (χ0n) is 8.84. The Bertz CT molecular complexity index is 187. The van der Waals surface area contributed by atoms with Crippen LogP contribution in [0.5, 0.6) is 0 Å². The first-order valence-corrected chi connectivity index (χ1v) is 5.29. The van der Waals surface area contributed by atoms with E-state index in [4.69, 9.17) is 5.73 Å². The van der Waals surface area contributed by atoms with E-state index in [2.05, 4.69) is 10.1 Å². The van der Waals surface area contributed by atoms with E-state index in [0.717, 1.165) is 25.7 Å². The number of carbonyl (C=O) groups excluding carboxylic acids is 1. The van der Waals surface area contributed by atoms with Gasteiger partial charge < -0.3 is 15.8 Å². The number of hydrogen-bond acceptors (Lipinski definition) is 3. The van der Waals surface area contributed by atoms with Crippen LogP contribution in [0.1, 0.15) is 38.5 Å². The molecule has 0 aromatic carbocycles. The minimum atomic E-state index is -0.364. The third kappa shape index (κ3) is 2.87. The van der Waals surface area contributed by atoms with Gasteiger partial charge in [-0.2, -0.15) is 0 Å². The first kappa shape index (κ1) is 11.3. The predicted octanol–water partition coefficient (Wildman–Crippen LogP) is 1.39. The molecule has 0 aromatic rings. The predicted molar refractivity (Wildman–Crippen MR) is 55.0 cm³/mol. The topological polar surface area (TPSA) is 64.3 Å². The SMILES string of the molecule is COC(=O)NC1(CN)CCCCCC1. The van der Waals surface area contributed by atoms with Gasteiger partial charge in [0.25, 0.3) is 0 Å². The van der Waals surface area contributed by atoms with Crippen molar-refractivity contribution in [3.05, 3.63) is 0 Å². The van der Waals surface area contributed by atoms with Crippen molar-refractivity contribution in [3.8, 4) is 0 Å². The summed E-state index contributed by atoms with van der Waals surface area (Å²) in [7, 11) is 1.39. The minimum absolute atomic E-state index is 0.219. The lowest BCUT2D eigenvalue weighted by atomic mass is 9.90. The number of hydrogen-bond donors (Lipinski definition) is 2. The number of methoxy groups -OCH3 is 1. The molecular formula is C10H20N2O2. The van der Waals surface area contributed by atoms with Crippen molar-refractivity contribution in [2.24, 2.45) is 5.73 Å². The van der Waals surface area contributed by atoms with Gasteiger partial charge in [-0.3, -0.25) is 0 Å². The molecule has 1 amide bonds. The fourth-order valence-electron chi connectivity index (χ4n) is 2.05. The maximum absolute atomic E-state index is 11.2. The molecule has 4 nitrogen and oxygen atoms in total. The number of carbonyl (C=O) groups is 1. The third-order valence-corrected chi connectivity index (χ3v) is 3.00. The second-order valence-corrected chi connectivity index (χ2v) is 4.02. The first-order chi connectivity index (χ1) is 6.72. The van der Waals surface area contributed by atoms with Crippen molar-refractivity contribution in [1.29, 1.82) is 0 Å². The van der Waals surface area contributed by atoms with Crippen molar-refractivity contribution in [2.45, 2.75) is 44.1 Å². The fourth-order valence-corrected chi connectivity index (χ4v) is 2.05.